The first-order chi connectivity index (χ1) is 9.70. The van der Waals surface area contributed by atoms with Crippen molar-refractivity contribution in [2.75, 3.05) is 18.8 Å². The Bertz CT molecular complexity index is 530. The standard InChI is InChI=1S/C13H23N3O4S/c1-13(2)5-3-7-16(8-6-13)21(19,20)9-4-10-11(17)15-12(18)14-10/h10H,3-9H2,1-2H3,(H2,14,15,17,18). The van der Waals surface area contributed by atoms with E-state index in [0.717, 1.165) is 19.3 Å². The third kappa shape index (κ3) is 4.16. The minimum absolute atomic E-state index is 0.111. The molecule has 120 valence electrons. The molecule has 2 saturated heterocycles. The molecule has 8 heteroatoms. The number of sulfonamides is 1. The van der Waals surface area contributed by atoms with Crippen LogP contribution in [-0.4, -0.2) is 49.5 Å². The molecule has 1 atom stereocenters. The summed E-state index contributed by atoms with van der Waals surface area (Å²) in [5, 5.41) is 4.53. The van der Waals surface area contributed by atoms with Crippen molar-refractivity contribution < 1.29 is 18.0 Å². The Morgan fingerprint density at radius 3 is 2.57 bits per heavy atom. The normalized spacial score (nSPS) is 27.0. The molecule has 21 heavy (non-hydrogen) atoms. The van der Waals surface area contributed by atoms with Gasteiger partial charge in [0.2, 0.25) is 10.0 Å². The summed E-state index contributed by atoms with van der Waals surface area (Å²) in [6.07, 6.45) is 2.82. The Morgan fingerprint density at radius 1 is 1.24 bits per heavy atom. The van der Waals surface area contributed by atoms with Crippen LogP contribution in [0.1, 0.15) is 39.5 Å². The SMILES string of the molecule is CC1(C)CCCN(S(=O)(=O)CCC2NC(=O)NC2=O)CC1. The second-order valence-corrected chi connectivity index (χ2v) is 8.63. The quantitative estimate of drug-likeness (QED) is 0.735. The molecule has 2 rings (SSSR count). The molecule has 0 aromatic heterocycles. The maximum atomic E-state index is 12.4. The fraction of sp³-hybridized carbons (Fsp3) is 0.846. The zero-order valence-electron chi connectivity index (χ0n) is 12.5. The predicted octanol–water partition coefficient (Wildman–Crippen LogP) is 0.426. The van der Waals surface area contributed by atoms with Crippen molar-refractivity contribution in [1.82, 2.24) is 14.9 Å². The summed E-state index contributed by atoms with van der Waals surface area (Å²) in [4.78, 5) is 22.4. The van der Waals surface area contributed by atoms with Crippen LogP contribution < -0.4 is 10.6 Å². The van der Waals surface area contributed by atoms with Crippen molar-refractivity contribution >= 4 is 22.0 Å². The van der Waals surface area contributed by atoms with Gasteiger partial charge in [-0.1, -0.05) is 13.8 Å². The van der Waals surface area contributed by atoms with Gasteiger partial charge in [-0.05, 0) is 31.1 Å². The van der Waals surface area contributed by atoms with Gasteiger partial charge in [-0.15, -0.1) is 0 Å². The van der Waals surface area contributed by atoms with Crippen LogP contribution in [0.3, 0.4) is 0 Å². The molecule has 2 aliphatic rings. The van der Waals surface area contributed by atoms with Crippen LogP contribution in [0.4, 0.5) is 4.79 Å². The van der Waals surface area contributed by atoms with Gasteiger partial charge in [0.25, 0.3) is 5.91 Å². The number of amides is 3. The minimum atomic E-state index is -3.38. The molecule has 0 aromatic rings. The van der Waals surface area contributed by atoms with Crippen molar-refractivity contribution in [3.8, 4) is 0 Å². The molecule has 2 heterocycles. The summed E-state index contributed by atoms with van der Waals surface area (Å²) in [6, 6.07) is -1.30. The number of carbonyl (C=O) groups excluding carboxylic acids is 2. The average Bonchev–Trinajstić information content (AvgIpc) is 2.56. The van der Waals surface area contributed by atoms with Gasteiger partial charge in [0.1, 0.15) is 6.04 Å². The average molecular weight is 317 g/mol. The van der Waals surface area contributed by atoms with Gasteiger partial charge in [-0.25, -0.2) is 17.5 Å². The predicted molar refractivity (Wildman–Crippen MR) is 78.1 cm³/mol. The van der Waals surface area contributed by atoms with Gasteiger partial charge in [0, 0.05) is 13.1 Å². The third-order valence-electron chi connectivity index (χ3n) is 4.22. The summed E-state index contributed by atoms with van der Waals surface area (Å²) < 4.78 is 26.3. The van der Waals surface area contributed by atoms with Gasteiger partial charge in [-0.2, -0.15) is 0 Å². The Hall–Kier alpha value is -1.15. The molecular formula is C13H23N3O4S. The number of hydrogen-bond acceptors (Lipinski definition) is 4. The molecule has 0 aliphatic carbocycles. The van der Waals surface area contributed by atoms with Crippen molar-refractivity contribution in [1.29, 1.82) is 0 Å². The highest BCUT2D eigenvalue weighted by Crippen LogP contribution is 2.30. The van der Waals surface area contributed by atoms with Crippen LogP contribution in [0.2, 0.25) is 0 Å². The number of rotatable bonds is 4. The summed E-state index contributed by atoms with van der Waals surface area (Å²) in [7, 11) is -3.38. The van der Waals surface area contributed by atoms with Gasteiger partial charge in [-0.3, -0.25) is 10.1 Å². The maximum Gasteiger partial charge on any atom is 0.322 e. The number of carbonyl (C=O) groups is 2. The summed E-state index contributed by atoms with van der Waals surface area (Å²) >= 11 is 0. The molecule has 1 unspecified atom stereocenters. The lowest BCUT2D eigenvalue weighted by molar-refractivity contribution is -0.120. The molecule has 3 amide bonds. The van der Waals surface area contributed by atoms with E-state index in [1.807, 2.05) is 0 Å². The van der Waals surface area contributed by atoms with Crippen LogP contribution in [0.15, 0.2) is 0 Å². The number of imide groups is 1. The van der Waals surface area contributed by atoms with E-state index >= 15 is 0 Å². The lowest BCUT2D eigenvalue weighted by atomic mass is 9.85. The second-order valence-electron chi connectivity index (χ2n) is 6.54. The minimum Gasteiger partial charge on any atom is -0.326 e. The van der Waals surface area contributed by atoms with E-state index in [-0.39, 0.29) is 17.6 Å². The van der Waals surface area contributed by atoms with Gasteiger partial charge in [0.05, 0.1) is 5.75 Å². The molecule has 2 N–H and O–H groups in total. The highest BCUT2D eigenvalue weighted by atomic mass is 32.2. The summed E-state index contributed by atoms with van der Waals surface area (Å²) in [5.41, 5.74) is 0.170. The molecule has 0 radical (unpaired) electrons. The van der Waals surface area contributed by atoms with E-state index in [2.05, 4.69) is 24.5 Å². The maximum absolute atomic E-state index is 12.4. The van der Waals surface area contributed by atoms with Crippen LogP contribution in [-0.2, 0) is 14.8 Å². The zero-order chi connectivity index (χ0) is 15.7. The van der Waals surface area contributed by atoms with Crippen molar-refractivity contribution in [2.24, 2.45) is 5.41 Å². The first-order valence-corrected chi connectivity index (χ1v) is 8.90. The van der Waals surface area contributed by atoms with Crippen molar-refractivity contribution in [2.45, 2.75) is 45.6 Å². The van der Waals surface area contributed by atoms with Crippen LogP contribution in [0, 0.1) is 5.41 Å². The number of urea groups is 1. The van der Waals surface area contributed by atoms with Crippen LogP contribution in [0.5, 0.6) is 0 Å². The second kappa shape index (κ2) is 5.92. The molecule has 0 spiro atoms. The Kier molecular flexibility index (Phi) is 4.57. The molecule has 0 bridgehead atoms. The fourth-order valence-electron chi connectivity index (χ4n) is 2.73. The van der Waals surface area contributed by atoms with Crippen molar-refractivity contribution in [3.05, 3.63) is 0 Å². The highest BCUT2D eigenvalue weighted by molar-refractivity contribution is 7.89. The molecule has 2 fully saturated rings. The first kappa shape index (κ1) is 16.2. The van der Waals surface area contributed by atoms with Crippen molar-refractivity contribution in [3.63, 3.8) is 0 Å². The van der Waals surface area contributed by atoms with E-state index in [1.165, 1.54) is 4.31 Å². The monoisotopic (exact) mass is 317 g/mol. The molecule has 0 saturated carbocycles. The topological polar surface area (TPSA) is 95.6 Å². The number of nitrogens with zero attached hydrogens (tertiary/aromatic N) is 1. The Morgan fingerprint density at radius 2 is 1.95 bits per heavy atom. The summed E-state index contributed by atoms with van der Waals surface area (Å²) in [5.74, 6) is -0.571. The molecule has 7 nitrogen and oxygen atoms in total. The Balaban J connectivity index is 1.92. The zero-order valence-corrected chi connectivity index (χ0v) is 13.3. The van der Waals surface area contributed by atoms with Gasteiger partial charge >= 0.3 is 6.03 Å². The number of hydrogen-bond donors (Lipinski definition) is 2. The molecule has 0 aromatic carbocycles. The third-order valence-corrected chi connectivity index (χ3v) is 6.12. The summed E-state index contributed by atoms with van der Waals surface area (Å²) in [6.45, 7) is 5.37. The van der Waals surface area contributed by atoms with Gasteiger partial charge in [0.15, 0.2) is 0 Å². The first-order valence-electron chi connectivity index (χ1n) is 7.29. The lowest BCUT2D eigenvalue weighted by Crippen LogP contribution is -2.37. The smallest absolute Gasteiger partial charge is 0.322 e. The van der Waals surface area contributed by atoms with Crippen LogP contribution >= 0.6 is 0 Å². The van der Waals surface area contributed by atoms with E-state index < -0.39 is 28.0 Å². The molecular weight excluding hydrogens is 294 g/mol. The fourth-order valence-corrected chi connectivity index (χ4v) is 4.30. The number of nitrogens with one attached hydrogen (secondary N) is 2. The largest absolute Gasteiger partial charge is 0.326 e. The highest BCUT2D eigenvalue weighted by Gasteiger charge is 2.33. The van der Waals surface area contributed by atoms with Crippen LogP contribution in [0.25, 0.3) is 0 Å². The lowest BCUT2D eigenvalue weighted by Gasteiger charge is -2.23. The van der Waals surface area contributed by atoms with Gasteiger partial charge < -0.3 is 5.32 Å². The Labute approximate surface area is 125 Å². The molecule has 2 aliphatic heterocycles. The van der Waals surface area contributed by atoms with E-state index in [4.69, 9.17) is 0 Å². The van der Waals surface area contributed by atoms with E-state index in [1.54, 1.807) is 0 Å². The van der Waals surface area contributed by atoms with E-state index in [0.29, 0.717) is 13.1 Å². The van der Waals surface area contributed by atoms with E-state index in [9.17, 15) is 18.0 Å².